The van der Waals surface area contributed by atoms with Crippen LogP contribution in [0.15, 0.2) is 9.27 Å². The number of methoxy groups -OCH3 is 1. The lowest BCUT2D eigenvalue weighted by atomic mass is 10.0. The highest BCUT2D eigenvalue weighted by Gasteiger charge is 2.39. The molecule has 0 radical (unpaired) electrons. The second kappa shape index (κ2) is 5.64. The highest BCUT2D eigenvalue weighted by atomic mass is 79.9. The first-order valence-corrected chi connectivity index (χ1v) is 8.43. The van der Waals surface area contributed by atoms with Gasteiger partial charge in [0.1, 0.15) is 5.69 Å². The second-order valence-corrected chi connectivity index (χ2v) is 6.57. The molecule has 0 saturated heterocycles. The van der Waals surface area contributed by atoms with Crippen molar-refractivity contribution in [2.24, 2.45) is 0 Å². The molecule has 4 nitrogen and oxygen atoms in total. The number of rotatable bonds is 4. The number of pyridine rings is 1. The zero-order valence-corrected chi connectivity index (χ0v) is 14.9. The number of ketones is 1. The number of nitrogens with zero attached hydrogens (tertiary/aromatic N) is 1. The van der Waals surface area contributed by atoms with Gasteiger partial charge in [-0.2, -0.15) is 0 Å². The number of carbonyl (C=O) groups excluding carboxylic acids is 1. The van der Waals surface area contributed by atoms with Gasteiger partial charge in [-0.15, -0.1) is 0 Å². The van der Waals surface area contributed by atoms with E-state index in [1.807, 2.05) is 4.57 Å². The molecule has 0 amide bonds. The summed E-state index contributed by atoms with van der Waals surface area (Å²) in [4.78, 5) is 24.7. The standard InChI is InChI=1S/C14H17Br2NO3/c1-4-9(18)11-13(20-3)12(19)10(16)8-5-6-14(2,7-15)17(8)11/h4-7H2,1-3H3. The van der Waals surface area contributed by atoms with Crippen LogP contribution in [0.25, 0.3) is 0 Å². The summed E-state index contributed by atoms with van der Waals surface area (Å²) in [6.07, 6.45) is 1.99. The number of hydrogen-bond acceptors (Lipinski definition) is 3. The van der Waals surface area contributed by atoms with E-state index in [1.54, 1.807) is 6.92 Å². The molecule has 0 spiro atoms. The normalized spacial score (nSPS) is 20.9. The SMILES string of the molecule is CCC(=O)c1c(OC)c(=O)c(Br)c2n1C(C)(CBr)CC2. The maximum absolute atomic E-state index is 12.4. The molecular formula is C14H17Br2NO3. The summed E-state index contributed by atoms with van der Waals surface area (Å²) in [5, 5.41) is 0.718. The highest BCUT2D eigenvalue weighted by molar-refractivity contribution is 9.10. The minimum absolute atomic E-state index is 0.0678. The summed E-state index contributed by atoms with van der Waals surface area (Å²) in [7, 11) is 1.43. The molecule has 0 bridgehead atoms. The van der Waals surface area contributed by atoms with E-state index in [-0.39, 0.29) is 22.5 Å². The minimum Gasteiger partial charge on any atom is -0.491 e. The summed E-state index contributed by atoms with van der Waals surface area (Å²) >= 11 is 6.90. The fourth-order valence-electron chi connectivity index (χ4n) is 2.72. The average Bonchev–Trinajstić information content (AvgIpc) is 2.80. The molecule has 1 aliphatic heterocycles. The van der Waals surface area contributed by atoms with Gasteiger partial charge in [0.25, 0.3) is 0 Å². The Kier molecular flexibility index (Phi) is 4.44. The van der Waals surface area contributed by atoms with E-state index < -0.39 is 0 Å². The van der Waals surface area contributed by atoms with Crippen molar-refractivity contribution in [3.63, 3.8) is 0 Å². The van der Waals surface area contributed by atoms with Crippen LogP contribution in [0.5, 0.6) is 5.75 Å². The first-order valence-electron chi connectivity index (χ1n) is 6.52. The van der Waals surface area contributed by atoms with E-state index in [1.165, 1.54) is 7.11 Å². The molecule has 0 aliphatic carbocycles. The van der Waals surface area contributed by atoms with Gasteiger partial charge >= 0.3 is 0 Å². The van der Waals surface area contributed by atoms with Crippen molar-refractivity contribution < 1.29 is 9.53 Å². The van der Waals surface area contributed by atoms with Gasteiger partial charge in [-0.05, 0) is 35.7 Å². The second-order valence-electron chi connectivity index (χ2n) is 5.21. The van der Waals surface area contributed by atoms with Gasteiger partial charge in [-0.3, -0.25) is 9.59 Å². The predicted molar refractivity (Wildman–Crippen MR) is 85.3 cm³/mol. The first-order chi connectivity index (χ1) is 9.41. The van der Waals surface area contributed by atoms with Crippen LogP contribution in [-0.4, -0.2) is 22.8 Å². The van der Waals surface area contributed by atoms with Crippen molar-refractivity contribution in [2.75, 3.05) is 12.4 Å². The fourth-order valence-corrected chi connectivity index (χ4v) is 3.81. The van der Waals surface area contributed by atoms with E-state index in [2.05, 4.69) is 38.8 Å². The van der Waals surface area contributed by atoms with Crippen LogP contribution in [0.2, 0.25) is 0 Å². The van der Waals surface area contributed by atoms with Crippen molar-refractivity contribution in [1.29, 1.82) is 0 Å². The van der Waals surface area contributed by atoms with Gasteiger partial charge in [-0.1, -0.05) is 22.9 Å². The Labute approximate surface area is 134 Å². The van der Waals surface area contributed by atoms with E-state index in [0.29, 0.717) is 16.6 Å². The van der Waals surface area contributed by atoms with Gasteiger partial charge < -0.3 is 9.30 Å². The van der Waals surface area contributed by atoms with E-state index in [0.717, 1.165) is 23.9 Å². The summed E-state index contributed by atoms with van der Waals surface area (Å²) in [6.45, 7) is 3.88. The molecule has 1 atom stereocenters. The lowest BCUT2D eigenvalue weighted by Gasteiger charge is -2.29. The van der Waals surface area contributed by atoms with Crippen LogP contribution in [0.4, 0.5) is 0 Å². The summed E-state index contributed by atoms with van der Waals surface area (Å²) in [5.74, 6) is 0.0725. The molecule has 2 heterocycles. The van der Waals surface area contributed by atoms with Crippen LogP contribution >= 0.6 is 31.9 Å². The summed E-state index contributed by atoms with van der Waals surface area (Å²) < 4.78 is 7.73. The highest BCUT2D eigenvalue weighted by Crippen LogP contribution is 2.39. The zero-order chi connectivity index (χ0) is 15.1. The molecule has 0 N–H and O–H groups in total. The molecule has 1 aromatic heterocycles. The Balaban J connectivity index is 2.91. The number of carbonyl (C=O) groups is 1. The third-order valence-corrected chi connectivity index (χ3v) is 5.91. The Morgan fingerprint density at radius 3 is 2.65 bits per heavy atom. The minimum atomic E-state index is -0.241. The molecule has 1 aromatic rings. The van der Waals surface area contributed by atoms with Crippen molar-refractivity contribution >= 4 is 37.6 Å². The quantitative estimate of drug-likeness (QED) is 0.569. The average molecular weight is 407 g/mol. The van der Waals surface area contributed by atoms with Gasteiger partial charge in [0.15, 0.2) is 11.5 Å². The molecule has 0 aromatic carbocycles. The number of fused-ring (bicyclic) bond motifs is 1. The number of alkyl halides is 1. The fraction of sp³-hybridized carbons (Fsp3) is 0.571. The number of hydrogen-bond donors (Lipinski definition) is 0. The summed E-state index contributed by atoms with van der Waals surface area (Å²) in [5.41, 5.74) is 0.820. The molecular weight excluding hydrogens is 390 g/mol. The third kappa shape index (κ3) is 2.17. The summed E-state index contributed by atoms with van der Waals surface area (Å²) in [6, 6.07) is 0. The van der Waals surface area contributed by atoms with Gasteiger partial charge in [0.05, 0.1) is 17.1 Å². The molecule has 0 fully saturated rings. The van der Waals surface area contributed by atoms with Crippen molar-refractivity contribution in [3.8, 4) is 5.75 Å². The van der Waals surface area contributed by atoms with Crippen LogP contribution in [0.1, 0.15) is 42.9 Å². The van der Waals surface area contributed by atoms with Crippen molar-refractivity contribution in [1.82, 2.24) is 4.57 Å². The zero-order valence-electron chi connectivity index (χ0n) is 11.8. The molecule has 0 saturated carbocycles. The Morgan fingerprint density at radius 1 is 1.50 bits per heavy atom. The maximum Gasteiger partial charge on any atom is 0.238 e. The monoisotopic (exact) mass is 405 g/mol. The predicted octanol–water partition coefficient (Wildman–Crippen LogP) is 3.27. The first kappa shape index (κ1) is 15.8. The van der Waals surface area contributed by atoms with Crippen molar-refractivity contribution in [3.05, 3.63) is 26.1 Å². The lowest BCUT2D eigenvalue weighted by molar-refractivity contribution is 0.0968. The third-order valence-electron chi connectivity index (χ3n) is 3.89. The number of halogens is 2. The molecule has 2 rings (SSSR count). The topological polar surface area (TPSA) is 48.3 Å². The van der Waals surface area contributed by atoms with Gasteiger partial charge in [0, 0.05) is 17.4 Å². The Bertz CT molecular complexity index is 624. The maximum atomic E-state index is 12.4. The van der Waals surface area contributed by atoms with E-state index >= 15 is 0 Å². The smallest absolute Gasteiger partial charge is 0.238 e. The Morgan fingerprint density at radius 2 is 2.15 bits per heavy atom. The molecule has 20 heavy (non-hydrogen) atoms. The van der Waals surface area contributed by atoms with Gasteiger partial charge in [0.2, 0.25) is 5.43 Å². The number of ether oxygens (including phenoxy) is 1. The number of aromatic nitrogens is 1. The molecule has 1 aliphatic rings. The molecule has 1 unspecified atom stereocenters. The van der Waals surface area contributed by atoms with Crippen molar-refractivity contribution in [2.45, 2.75) is 38.6 Å². The molecule has 6 heteroatoms. The lowest BCUT2D eigenvalue weighted by Crippen LogP contribution is -2.34. The van der Waals surface area contributed by atoms with E-state index in [4.69, 9.17) is 4.74 Å². The molecule has 110 valence electrons. The largest absolute Gasteiger partial charge is 0.491 e. The van der Waals surface area contributed by atoms with Crippen LogP contribution in [0, 0.1) is 0 Å². The van der Waals surface area contributed by atoms with E-state index in [9.17, 15) is 9.59 Å². The van der Waals surface area contributed by atoms with Crippen LogP contribution < -0.4 is 10.2 Å². The number of Topliss-reactive ketones (excluding diaryl/α,β-unsaturated/α-hetero) is 1. The van der Waals surface area contributed by atoms with Crippen LogP contribution in [-0.2, 0) is 12.0 Å². The van der Waals surface area contributed by atoms with Crippen LogP contribution in [0.3, 0.4) is 0 Å². The Hall–Kier alpha value is -0.620. The van der Waals surface area contributed by atoms with Gasteiger partial charge in [-0.25, -0.2) is 0 Å².